The van der Waals surface area contributed by atoms with Crippen LogP contribution >= 0.6 is 11.3 Å². The number of carboxylic acid groups (broad SMARTS) is 1. The molecule has 1 aromatic heterocycles. The minimum atomic E-state index is -1.05. The summed E-state index contributed by atoms with van der Waals surface area (Å²) in [5.41, 5.74) is 2.10. The molecule has 6 nitrogen and oxygen atoms in total. The molecule has 3 rings (SSSR count). The number of hydrogen-bond donors (Lipinski definition) is 1. The highest BCUT2D eigenvalue weighted by Crippen LogP contribution is 2.39. The number of thiazole rings is 1. The van der Waals surface area contributed by atoms with Crippen LogP contribution in [0.15, 0.2) is 23.6 Å². The molecular formula is C17H18N2O4S. The molecular weight excluding hydrogens is 328 g/mol. The van der Waals surface area contributed by atoms with Crippen LogP contribution in [0, 0.1) is 6.92 Å². The van der Waals surface area contributed by atoms with Crippen LogP contribution in [0.4, 0.5) is 5.69 Å². The summed E-state index contributed by atoms with van der Waals surface area (Å²) in [5.74, 6) is -0.863. The van der Waals surface area contributed by atoms with Gasteiger partial charge in [0.15, 0.2) is 6.10 Å². The van der Waals surface area contributed by atoms with Crippen LogP contribution < -0.4 is 9.64 Å². The Balaban J connectivity index is 2.11. The molecule has 1 amide bonds. The van der Waals surface area contributed by atoms with Gasteiger partial charge in [-0.25, -0.2) is 9.78 Å². The topological polar surface area (TPSA) is 79.7 Å². The molecule has 0 radical (unpaired) electrons. The fourth-order valence-electron chi connectivity index (χ4n) is 2.71. The van der Waals surface area contributed by atoms with Crippen LogP contribution in [-0.4, -0.2) is 34.1 Å². The monoisotopic (exact) mass is 346 g/mol. The van der Waals surface area contributed by atoms with Gasteiger partial charge in [-0.05, 0) is 38.5 Å². The van der Waals surface area contributed by atoms with Gasteiger partial charge in [0.2, 0.25) is 0 Å². The van der Waals surface area contributed by atoms with E-state index in [9.17, 15) is 14.7 Å². The first-order valence-corrected chi connectivity index (χ1v) is 8.59. The van der Waals surface area contributed by atoms with E-state index in [0.29, 0.717) is 17.9 Å². The minimum Gasteiger partial charge on any atom is -0.480 e. The van der Waals surface area contributed by atoms with Gasteiger partial charge >= 0.3 is 5.97 Å². The summed E-state index contributed by atoms with van der Waals surface area (Å²) in [4.78, 5) is 29.9. The Hall–Kier alpha value is -2.41. The van der Waals surface area contributed by atoms with E-state index in [0.717, 1.165) is 16.3 Å². The Kier molecular flexibility index (Phi) is 4.28. The second-order valence-electron chi connectivity index (χ2n) is 5.67. The molecule has 7 heteroatoms. The van der Waals surface area contributed by atoms with Gasteiger partial charge in [0.05, 0.1) is 16.4 Å². The zero-order valence-corrected chi connectivity index (χ0v) is 14.5. The maximum Gasteiger partial charge on any atom is 0.326 e. The number of fused-ring (bicyclic) bond motifs is 1. The third-order valence-electron chi connectivity index (χ3n) is 4.03. The Labute approximate surface area is 143 Å². The standard InChI is InChI=1S/C17H18N2O4S/c1-4-14-16(20)19(9(2)17(21)22)13-7-11(5-6-15(13)23-14)12-8-24-10(3)18-12/h5-9,14H,4H2,1-3H3,(H,21,22). The number of aromatic nitrogens is 1. The molecule has 1 aliphatic rings. The van der Waals surface area contributed by atoms with Crippen LogP contribution in [0.25, 0.3) is 11.3 Å². The first-order valence-electron chi connectivity index (χ1n) is 7.71. The van der Waals surface area contributed by atoms with Crippen molar-refractivity contribution in [2.75, 3.05) is 4.90 Å². The Morgan fingerprint density at radius 1 is 1.50 bits per heavy atom. The predicted molar refractivity (Wildman–Crippen MR) is 91.6 cm³/mol. The van der Waals surface area contributed by atoms with Gasteiger partial charge in [0.1, 0.15) is 11.8 Å². The summed E-state index contributed by atoms with van der Waals surface area (Å²) in [6.07, 6.45) is -0.180. The minimum absolute atomic E-state index is 0.327. The van der Waals surface area contributed by atoms with Crippen LogP contribution in [0.3, 0.4) is 0 Å². The first-order chi connectivity index (χ1) is 11.4. The van der Waals surface area contributed by atoms with E-state index in [1.807, 2.05) is 25.3 Å². The number of carboxylic acids is 1. The number of nitrogens with zero attached hydrogens (tertiary/aromatic N) is 2. The number of aliphatic carboxylic acids is 1. The molecule has 1 aliphatic heterocycles. The van der Waals surface area contributed by atoms with Gasteiger partial charge in [0, 0.05) is 10.9 Å². The van der Waals surface area contributed by atoms with Crippen molar-refractivity contribution >= 4 is 28.9 Å². The number of rotatable bonds is 4. The quantitative estimate of drug-likeness (QED) is 0.920. The number of carbonyl (C=O) groups is 2. The lowest BCUT2D eigenvalue weighted by molar-refractivity contribution is -0.140. The lowest BCUT2D eigenvalue weighted by atomic mass is 10.1. The fourth-order valence-corrected chi connectivity index (χ4v) is 3.33. The van der Waals surface area contributed by atoms with Crippen LogP contribution in [-0.2, 0) is 9.59 Å². The molecule has 2 aromatic rings. The Morgan fingerprint density at radius 2 is 2.25 bits per heavy atom. The number of hydrogen-bond acceptors (Lipinski definition) is 5. The molecule has 1 aromatic carbocycles. The van der Waals surface area contributed by atoms with E-state index in [-0.39, 0.29) is 5.91 Å². The Bertz CT molecular complexity index is 802. The molecule has 0 fully saturated rings. The molecule has 0 aliphatic carbocycles. The van der Waals surface area contributed by atoms with Gasteiger partial charge in [-0.2, -0.15) is 0 Å². The summed E-state index contributed by atoms with van der Waals surface area (Å²) >= 11 is 1.54. The number of aryl methyl sites for hydroxylation is 1. The van der Waals surface area contributed by atoms with E-state index >= 15 is 0 Å². The van der Waals surface area contributed by atoms with E-state index in [4.69, 9.17) is 4.74 Å². The van der Waals surface area contributed by atoms with E-state index in [2.05, 4.69) is 4.98 Å². The highest BCUT2D eigenvalue weighted by molar-refractivity contribution is 7.09. The zero-order chi connectivity index (χ0) is 17.4. The Morgan fingerprint density at radius 3 is 2.83 bits per heavy atom. The molecule has 1 N–H and O–H groups in total. The molecule has 126 valence electrons. The summed E-state index contributed by atoms with van der Waals surface area (Å²) in [7, 11) is 0. The fraction of sp³-hybridized carbons (Fsp3) is 0.353. The first kappa shape index (κ1) is 16.4. The maximum atomic E-state index is 12.6. The molecule has 2 heterocycles. The second kappa shape index (κ2) is 6.24. The lowest BCUT2D eigenvalue weighted by Gasteiger charge is -2.36. The van der Waals surface area contributed by atoms with Crippen molar-refractivity contribution in [3.63, 3.8) is 0 Å². The number of carbonyl (C=O) groups excluding carboxylic acids is 1. The molecule has 0 spiro atoms. The summed E-state index contributed by atoms with van der Waals surface area (Å²) in [6, 6.07) is 4.45. The van der Waals surface area contributed by atoms with Crippen molar-refractivity contribution in [3.05, 3.63) is 28.6 Å². The lowest BCUT2D eigenvalue weighted by Crippen LogP contribution is -2.52. The number of amides is 1. The average Bonchev–Trinajstić information content (AvgIpc) is 2.99. The molecule has 2 unspecified atom stereocenters. The second-order valence-corrected chi connectivity index (χ2v) is 6.73. The van der Waals surface area contributed by atoms with Crippen molar-refractivity contribution in [2.45, 2.75) is 39.3 Å². The van der Waals surface area contributed by atoms with Crippen molar-refractivity contribution in [1.29, 1.82) is 0 Å². The van der Waals surface area contributed by atoms with Gasteiger partial charge in [-0.3, -0.25) is 9.69 Å². The highest BCUT2D eigenvalue weighted by Gasteiger charge is 2.38. The van der Waals surface area contributed by atoms with E-state index in [1.165, 1.54) is 23.2 Å². The smallest absolute Gasteiger partial charge is 0.326 e. The third kappa shape index (κ3) is 2.75. The number of anilines is 1. The predicted octanol–water partition coefficient (Wildman–Crippen LogP) is 3.10. The molecule has 2 atom stereocenters. The van der Waals surface area contributed by atoms with Crippen molar-refractivity contribution in [2.24, 2.45) is 0 Å². The summed E-state index contributed by atoms with van der Waals surface area (Å²) in [5, 5.41) is 12.3. The van der Waals surface area contributed by atoms with Gasteiger partial charge in [-0.1, -0.05) is 6.92 Å². The summed E-state index contributed by atoms with van der Waals surface area (Å²) < 4.78 is 5.75. The zero-order valence-electron chi connectivity index (χ0n) is 13.6. The maximum absolute atomic E-state index is 12.6. The molecule has 0 bridgehead atoms. The largest absolute Gasteiger partial charge is 0.480 e. The van der Waals surface area contributed by atoms with E-state index < -0.39 is 18.1 Å². The van der Waals surface area contributed by atoms with Gasteiger partial charge < -0.3 is 9.84 Å². The number of benzene rings is 1. The molecule has 0 saturated carbocycles. The average molecular weight is 346 g/mol. The molecule has 24 heavy (non-hydrogen) atoms. The normalized spacial score (nSPS) is 18.0. The van der Waals surface area contributed by atoms with Gasteiger partial charge in [-0.15, -0.1) is 11.3 Å². The molecule has 0 saturated heterocycles. The third-order valence-corrected chi connectivity index (χ3v) is 4.80. The van der Waals surface area contributed by atoms with Gasteiger partial charge in [0.25, 0.3) is 5.91 Å². The van der Waals surface area contributed by atoms with Crippen LogP contribution in [0.5, 0.6) is 5.75 Å². The summed E-state index contributed by atoms with van der Waals surface area (Å²) in [6.45, 7) is 5.26. The van der Waals surface area contributed by atoms with Crippen LogP contribution in [0.2, 0.25) is 0 Å². The van der Waals surface area contributed by atoms with E-state index in [1.54, 1.807) is 12.1 Å². The number of ether oxygens (including phenoxy) is 1. The van der Waals surface area contributed by atoms with Crippen LogP contribution in [0.1, 0.15) is 25.3 Å². The highest BCUT2D eigenvalue weighted by atomic mass is 32.1. The van der Waals surface area contributed by atoms with Crippen molar-refractivity contribution in [1.82, 2.24) is 4.98 Å². The van der Waals surface area contributed by atoms with Crippen molar-refractivity contribution < 1.29 is 19.4 Å². The van der Waals surface area contributed by atoms with Crippen molar-refractivity contribution in [3.8, 4) is 17.0 Å². The SMILES string of the molecule is CCC1Oc2ccc(-c3csc(C)n3)cc2N(C(C)C(=O)O)C1=O.